The molecule has 0 bridgehead atoms. The fourth-order valence-electron chi connectivity index (χ4n) is 7.92. The van der Waals surface area contributed by atoms with E-state index in [4.69, 9.17) is 4.74 Å². The molecule has 0 radical (unpaired) electrons. The third kappa shape index (κ3) is 2.13. The fourth-order valence-corrected chi connectivity index (χ4v) is 7.92. The van der Waals surface area contributed by atoms with Crippen molar-refractivity contribution in [1.82, 2.24) is 0 Å². The van der Waals surface area contributed by atoms with Crippen LogP contribution in [0.5, 0.6) is 0 Å². The zero-order chi connectivity index (χ0) is 17.9. The van der Waals surface area contributed by atoms with Gasteiger partial charge in [0.25, 0.3) is 0 Å². The lowest BCUT2D eigenvalue weighted by Crippen LogP contribution is -2.54. The third-order valence-corrected chi connectivity index (χ3v) is 9.14. The molecule has 0 saturated heterocycles. The number of hydrogen-bond donors (Lipinski definition) is 1. The van der Waals surface area contributed by atoms with Gasteiger partial charge in [-0.3, -0.25) is 0 Å². The Hall–Kier alpha value is -1.09. The predicted molar refractivity (Wildman–Crippen MR) is 103 cm³/mol. The lowest BCUT2D eigenvalue weighted by atomic mass is 9.48. The summed E-state index contributed by atoms with van der Waals surface area (Å²) >= 11 is 0. The zero-order valence-corrected chi connectivity index (χ0v) is 16.3. The number of allylic oxidation sites excluding steroid dienone is 2. The summed E-state index contributed by atoms with van der Waals surface area (Å²) in [6.07, 6.45) is 16.8. The molecular weight excluding hydrogens is 322 g/mol. The van der Waals surface area contributed by atoms with Crippen molar-refractivity contribution in [2.75, 3.05) is 6.61 Å². The molecule has 3 fully saturated rings. The summed E-state index contributed by atoms with van der Waals surface area (Å²) in [5.74, 6) is 4.01. The van der Waals surface area contributed by atoms with E-state index in [-0.39, 0.29) is 5.60 Å². The van der Waals surface area contributed by atoms with Gasteiger partial charge in [0.2, 0.25) is 0 Å². The quantitative estimate of drug-likeness (QED) is 0.391. The number of rotatable bonds is 1. The normalized spacial score (nSPS) is 51.2. The van der Waals surface area contributed by atoms with Gasteiger partial charge in [0.05, 0.1) is 17.9 Å². The van der Waals surface area contributed by atoms with Gasteiger partial charge in [0.15, 0.2) is 0 Å². The van der Waals surface area contributed by atoms with Crippen molar-refractivity contribution in [2.45, 2.75) is 70.8 Å². The van der Waals surface area contributed by atoms with Crippen LogP contribution < -0.4 is 0 Å². The Morgan fingerprint density at radius 1 is 1.27 bits per heavy atom. The standard InChI is InChI=1S/C23H33NO2/c1-3-15-13-16-14-17(24-25)5-6-18(16)19-7-10-22(2)20(21(15)19)8-11-23(22)9-4-12-26-23/h4,9,14-15,18-21,25H,3,5-8,10-13H2,1-2H3/b24-17+/t15-,18+,19?,20?,21?,22+,23+/m1/s1. The Morgan fingerprint density at radius 3 is 2.88 bits per heavy atom. The van der Waals surface area contributed by atoms with Crippen molar-refractivity contribution in [3.05, 3.63) is 23.8 Å². The van der Waals surface area contributed by atoms with E-state index in [1.807, 2.05) is 0 Å². The summed E-state index contributed by atoms with van der Waals surface area (Å²) in [6.45, 7) is 5.74. The van der Waals surface area contributed by atoms with Crippen LogP contribution in [0.25, 0.3) is 0 Å². The highest BCUT2D eigenvalue weighted by atomic mass is 16.5. The summed E-state index contributed by atoms with van der Waals surface area (Å²) in [5.41, 5.74) is 2.84. The lowest BCUT2D eigenvalue weighted by molar-refractivity contribution is -0.121. The van der Waals surface area contributed by atoms with Crippen molar-refractivity contribution >= 4 is 5.71 Å². The van der Waals surface area contributed by atoms with Crippen LogP contribution >= 0.6 is 0 Å². The van der Waals surface area contributed by atoms with Gasteiger partial charge in [-0.1, -0.05) is 43.1 Å². The lowest BCUT2D eigenvalue weighted by Gasteiger charge is -2.58. The number of ether oxygens (including phenoxy) is 1. The van der Waals surface area contributed by atoms with Crippen LogP contribution in [-0.4, -0.2) is 23.1 Å². The van der Waals surface area contributed by atoms with E-state index in [1.165, 1.54) is 44.9 Å². The fraction of sp³-hybridized carbons (Fsp3) is 0.783. The molecule has 5 rings (SSSR count). The van der Waals surface area contributed by atoms with Crippen LogP contribution in [0, 0.1) is 35.0 Å². The van der Waals surface area contributed by atoms with Gasteiger partial charge in [0, 0.05) is 5.41 Å². The highest BCUT2D eigenvalue weighted by Crippen LogP contribution is 2.67. The van der Waals surface area contributed by atoms with Gasteiger partial charge in [-0.2, -0.15) is 0 Å². The van der Waals surface area contributed by atoms with Crippen molar-refractivity contribution in [1.29, 1.82) is 0 Å². The van der Waals surface area contributed by atoms with Crippen molar-refractivity contribution in [3.63, 3.8) is 0 Å². The average Bonchev–Trinajstić information content (AvgIpc) is 3.26. The minimum Gasteiger partial charge on any atom is -0.411 e. The minimum absolute atomic E-state index is 0.0281. The molecule has 0 aromatic heterocycles. The molecular formula is C23H33NO2. The average molecular weight is 356 g/mol. The number of oxime groups is 1. The summed E-state index contributed by atoms with van der Waals surface area (Å²) in [6, 6.07) is 0. The van der Waals surface area contributed by atoms with E-state index in [2.05, 4.69) is 37.2 Å². The molecule has 3 nitrogen and oxygen atoms in total. The monoisotopic (exact) mass is 355 g/mol. The molecule has 3 unspecified atom stereocenters. The van der Waals surface area contributed by atoms with Crippen LogP contribution in [0.4, 0.5) is 0 Å². The first-order valence-electron chi connectivity index (χ1n) is 10.8. The molecule has 5 aliphatic rings. The first-order chi connectivity index (χ1) is 12.6. The van der Waals surface area contributed by atoms with Gasteiger partial charge < -0.3 is 9.94 Å². The largest absolute Gasteiger partial charge is 0.411 e. The molecule has 0 amide bonds. The molecule has 0 aromatic rings. The molecule has 0 aromatic carbocycles. The second kappa shape index (κ2) is 5.95. The maximum Gasteiger partial charge on any atom is 0.0923 e. The molecule has 7 atom stereocenters. The maximum absolute atomic E-state index is 9.23. The topological polar surface area (TPSA) is 41.8 Å². The summed E-state index contributed by atoms with van der Waals surface area (Å²) in [7, 11) is 0. The molecule has 1 N–H and O–H groups in total. The molecule has 1 aliphatic heterocycles. The van der Waals surface area contributed by atoms with E-state index >= 15 is 0 Å². The second-order valence-corrected chi connectivity index (χ2v) is 9.77. The maximum atomic E-state index is 9.23. The van der Waals surface area contributed by atoms with E-state index in [0.29, 0.717) is 5.41 Å². The molecule has 4 aliphatic carbocycles. The van der Waals surface area contributed by atoms with Crippen LogP contribution in [0.2, 0.25) is 0 Å². The molecule has 142 valence electrons. The van der Waals surface area contributed by atoms with Gasteiger partial charge in [-0.15, -0.1) is 0 Å². The number of nitrogens with zero attached hydrogens (tertiary/aromatic N) is 1. The molecule has 1 spiro atoms. The Morgan fingerprint density at radius 2 is 2.15 bits per heavy atom. The highest BCUT2D eigenvalue weighted by molar-refractivity contribution is 5.96. The van der Waals surface area contributed by atoms with Gasteiger partial charge in [0.1, 0.15) is 0 Å². The Balaban J connectivity index is 1.51. The van der Waals surface area contributed by atoms with Crippen molar-refractivity contribution in [3.8, 4) is 0 Å². The van der Waals surface area contributed by atoms with Crippen LogP contribution in [0.1, 0.15) is 65.2 Å². The molecule has 3 heteroatoms. The van der Waals surface area contributed by atoms with Crippen LogP contribution in [-0.2, 0) is 4.74 Å². The molecule has 3 saturated carbocycles. The second-order valence-electron chi connectivity index (χ2n) is 9.77. The van der Waals surface area contributed by atoms with Crippen molar-refractivity contribution < 1.29 is 9.94 Å². The zero-order valence-electron chi connectivity index (χ0n) is 16.3. The smallest absolute Gasteiger partial charge is 0.0923 e. The Kier molecular flexibility index (Phi) is 3.90. The van der Waals surface area contributed by atoms with E-state index in [9.17, 15) is 5.21 Å². The van der Waals surface area contributed by atoms with Crippen LogP contribution in [0.3, 0.4) is 0 Å². The van der Waals surface area contributed by atoms with Gasteiger partial charge in [-0.25, -0.2) is 0 Å². The first-order valence-corrected chi connectivity index (χ1v) is 10.8. The van der Waals surface area contributed by atoms with Gasteiger partial charge in [-0.05, 0) is 80.6 Å². The Labute approximate surface area is 157 Å². The first kappa shape index (κ1) is 17.0. The Bertz CT molecular complexity index is 680. The summed E-state index contributed by atoms with van der Waals surface area (Å²) in [5, 5.41) is 12.8. The van der Waals surface area contributed by atoms with Crippen molar-refractivity contribution in [2.24, 2.45) is 40.2 Å². The highest BCUT2D eigenvalue weighted by Gasteiger charge is 2.64. The SMILES string of the molecule is CC[C@@H]1CC2=C/C(=N/O)CC[C@@H]2C2CC[C@@]3(C)C(CC[C@@]34C=CCO4)C21. The van der Waals surface area contributed by atoms with E-state index in [1.54, 1.807) is 5.57 Å². The van der Waals surface area contributed by atoms with Crippen LogP contribution in [0.15, 0.2) is 29.0 Å². The molecule has 1 heterocycles. The van der Waals surface area contributed by atoms with Gasteiger partial charge >= 0.3 is 0 Å². The number of fused-ring (bicyclic) bond motifs is 6. The van der Waals surface area contributed by atoms with E-state index < -0.39 is 0 Å². The number of hydrogen-bond acceptors (Lipinski definition) is 3. The minimum atomic E-state index is 0.0281. The summed E-state index contributed by atoms with van der Waals surface area (Å²) in [4.78, 5) is 0. The molecule has 26 heavy (non-hydrogen) atoms. The summed E-state index contributed by atoms with van der Waals surface area (Å²) < 4.78 is 6.39. The van der Waals surface area contributed by atoms with E-state index in [0.717, 1.165) is 48.3 Å². The third-order valence-electron chi connectivity index (χ3n) is 9.14. The predicted octanol–water partition coefficient (Wildman–Crippen LogP) is 5.35.